The molecule has 0 bridgehead atoms. The minimum absolute atomic E-state index is 0.0290. The van der Waals surface area contributed by atoms with Gasteiger partial charge in [0.1, 0.15) is 12.1 Å². The fourth-order valence-electron chi connectivity index (χ4n) is 3.22. The molecule has 2 heterocycles. The van der Waals surface area contributed by atoms with Crippen molar-refractivity contribution in [1.29, 1.82) is 0 Å². The maximum Gasteiger partial charge on any atom is 0.325 e. The predicted molar refractivity (Wildman–Crippen MR) is 96.9 cm³/mol. The summed E-state index contributed by atoms with van der Waals surface area (Å²) in [5, 5.41) is 5.21. The summed E-state index contributed by atoms with van der Waals surface area (Å²) in [6.45, 7) is 1.12. The van der Waals surface area contributed by atoms with Crippen LogP contribution in [-0.2, 0) is 25.0 Å². The Labute approximate surface area is 159 Å². The molecular formula is C16H18BrN3O5S. The lowest BCUT2D eigenvalue weighted by atomic mass is 9.92. The Morgan fingerprint density at radius 2 is 2.08 bits per heavy atom. The highest BCUT2D eigenvalue weighted by Crippen LogP contribution is 2.33. The van der Waals surface area contributed by atoms with E-state index in [0.717, 1.165) is 4.90 Å². The van der Waals surface area contributed by atoms with Gasteiger partial charge in [-0.15, -0.1) is 0 Å². The highest BCUT2D eigenvalue weighted by Gasteiger charge is 2.50. The number of urea groups is 1. The molecule has 1 aromatic carbocycles. The average Bonchev–Trinajstić information content (AvgIpc) is 2.99. The van der Waals surface area contributed by atoms with Crippen LogP contribution in [-0.4, -0.2) is 55.3 Å². The van der Waals surface area contributed by atoms with Crippen molar-refractivity contribution in [3.63, 3.8) is 0 Å². The van der Waals surface area contributed by atoms with Gasteiger partial charge in [0.2, 0.25) is 5.91 Å². The third kappa shape index (κ3) is 3.48. The van der Waals surface area contributed by atoms with Crippen molar-refractivity contribution in [3.05, 3.63) is 34.3 Å². The van der Waals surface area contributed by atoms with Crippen molar-refractivity contribution in [3.8, 4) is 0 Å². The molecule has 0 spiro atoms. The molecule has 0 unspecified atom stereocenters. The zero-order valence-electron chi connectivity index (χ0n) is 14.0. The first kappa shape index (κ1) is 18.8. The van der Waals surface area contributed by atoms with E-state index in [2.05, 4.69) is 26.6 Å². The summed E-state index contributed by atoms with van der Waals surface area (Å²) in [7, 11) is -3.13. The molecule has 2 aliphatic rings. The van der Waals surface area contributed by atoms with Crippen molar-refractivity contribution in [2.45, 2.75) is 24.9 Å². The molecule has 4 amide bonds. The molecule has 0 aromatic heterocycles. The van der Waals surface area contributed by atoms with Crippen LogP contribution in [0.3, 0.4) is 0 Å². The molecule has 3 rings (SSSR count). The van der Waals surface area contributed by atoms with Crippen LogP contribution in [0.15, 0.2) is 28.7 Å². The number of carbonyl (C=O) groups excluding carboxylic acids is 3. The summed E-state index contributed by atoms with van der Waals surface area (Å²) in [4.78, 5) is 38.1. The van der Waals surface area contributed by atoms with Gasteiger partial charge in [-0.3, -0.25) is 14.5 Å². The Kier molecular flexibility index (Phi) is 4.82. The van der Waals surface area contributed by atoms with Crippen molar-refractivity contribution in [1.82, 2.24) is 15.5 Å². The van der Waals surface area contributed by atoms with Crippen LogP contribution in [0.25, 0.3) is 0 Å². The second-order valence-electron chi connectivity index (χ2n) is 6.59. The number of hydrogen-bond donors (Lipinski definition) is 2. The molecule has 140 valence electrons. The lowest BCUT2D eigenvalue weighted by Gasteiger charge is -2.23. The SMILES string of the molecule is C[C@@]1(c2ccccc2Br)NC(=O)N(CC(=O)N[C@@H]2CCS(=O)(=O)C2)C1=O. The number of rotatable bonds is 4. The zero-order chi connectivity index (χ0) is 19.1. The van der Waals surface area contributed by atoms with Gasteiger partial charge in [0, 0.05) is 16.1 Å². The Morgan fingerprint density at radius 3 is 2.69 bits per heavy atom. The van der Waals surface area contributed by atoms with Gasteiger partial charge in [-0.1, -0.05) is 34.1 Å². The number of sulfone groups is 1. The van der Waals surface area contributed by atoms with Gasteiger partial charge in [0.25, 0.3) is 5.91 Å². The molecule has 1 aromatic rings. The summed E-state index contributed by atoms with van der Waals surface area (Å²) in [5.41, 5.74) is -0.697. The zero-order valence-corrected chi connectivity index (χ0v) is 16.4. The van der Waals surface area contributed by atoms with E-state index < -0.39 is 45.8 Å². The van der Waals surface area contributed by atoms with Crippen LogP contribution in [0.1, 0.15) is 18.9 Å². The quantitative estimate of drug-likeness (QED) is 0.658. The molecule has 10 heteroatoms. The highest BCUT2D eigenvalue weighted by molar-refractivity contribution is 9.10. The number of nitrogens with zero attached hydrogens (tertiary/aromatic N) is 1. The summed E-state index contributed by atoms with van der Waals surface area (Å²) >= 11 is 3.37. The standard InChI is InChI=1S/C16H18BrN3O5S/c1-16(11-4-2-3-5-12(11)17)14(22)20(15(23)19-16)8-13(21)18-10-6-7-26(24,25)9-10/h2-5,10H,6-9H2,1H3,(H,18,21)(H,19,23)/t10-,16+/m1/s1. The first-order chi connectivity index (χ1) is 12.1. The van der Waals surface area contributed by atoms with E-state index >= 15 is 0 Å². The Hall–Kier alpha value is -1.94. The molecule has 26 heavy (non-hydrogen) atoms. The minimum Gasteiger partial charge on any atom is -0.351 e. The molecule has 2 fully saturated rings. The van der Waals surface area contributed by atoms with E-state index in [9.17, 15) is 22.8 Å². The smallest absolute Gasteiger partial charge is 0.325 e. The van der Waals surface area contributed by atoms with E-state index in [-0.39, 0.29) is 11.5 Å². The van der Waals surface area contributed by atoms with Gasteiger partial charge in [0.05, 0.1) is 11.5 Å². The van der Waals surface area contributed by atoms with Crippen molar-refractivity contribution >= 4 is 43.6 Å². The highest BCUT2D eigenvalue weighted by atomic mass is 79.9. The monoisotopic (exact) mass is 443 g/mol. The summed E-state index contributed by atoms with van der Waals surface area (Å²) in [5.74, 6) is -1.19. The molecule has 2 aliphatic heterocycles. The fraction of sp³-hybridized carbons (Fsp3) is 0.438. The second kappa shape index (κ2) is 6.66. The maximum absolute atomic E-state index is 12.8. The lowest BCUT2D eigenvalue weighted by Crippen LogP contribution is -2.45. The van der Waals surface area contributed by atoms with Gasteiger partial charge in [0.15, 0.2) is 9.84 Å². The molecule has 0 radical (unpaired) electrons. The molecule has 8 nitrogen and oxygen atoms in total. The van der Waals surface area contributed by atoms with Gasteiger partial charge in [-0.25, -0.2) is 13.2 Å². The average molecular weight is 444 g/mol. The van der Waals surface area contributed by atoms with Crippen LogP contribution in [0, 0.1) is 0 Å². The second-order valence-corrected chi connectivity index (χ2v) is 9.68. The van der Waals surface area contributed by atoms with Crippen molar-refractivity contribution < 1.29 is 22.8 Å². The van der Waals surface area contributed by atoms with Crippen LogP contribution in [0.2, 0.25) is 0 Å². The third-order valence-electron chi connectivity index (χ3n) is 4.59. The van der Waals surface area contributed by atoms with E-state index in [1.54, 1.807) is 31.2 Å². The van der Waals surface area contributed by atoms with Gasteiger partial charge < -0.3 is 10.6 Å². The minimum atomic E-state index is -3.13. The first-order valence-corrected chi connectivity index (χ1v) is 10.6. The largest absolute Gasteiger partial charge is 0.351 e. The van der Waals surface area contributed by atoms with Crippen LogP contribution >= 0.6 is 15.9 Å². The third-order valence-corrected chi connectivity index (χ3v) is 7.05. The first-order valence-electron chi connectivity index (χ1n) is 8.01. The fourth-order valence-corrected chi connectivity index (χ4v) is 5.57. The number of nitrogens with one attached hydrogen (secondary N) is 2. The molecule has 2 N–H and O–H groups in total. The number of carbonyl (C=O) groups is 3. The van der Waals surface area contributed by atoms with Gasteiger partial charge in [-0.05, 0) is 19.4 Å². The Balaban J connectivity index is 1.72. The van der Waals surface area contributed by atoms with Gasteiger partial charge >= 0.3 is 6.03 Å². The molecule has 0 aliphatic carbocycles. The van der Waals surface area contributed by atoms with E-state index in [4.69, 9.17) is 0 Å². The van der Waals surface area contributed by atoms with Gasteiger partial charge in [-0.2, -0.15) is 0 Å². The summed E-state index contributed by atoms with van der Waals surface area (Å²) in [6, 6.07) is 5.87. The van der Waals surface area contributed by atoms with E-state index in [1.165, 1.54) is 0 Å². The van der Waals surface area contributed by atoms with Crippen molar-refractivity contribution in [2.75, 3.05) is 18.1 Å². The number of imide groups is 1. The Morgan fingerprint density at radius 1 is 1.38 bits per heavy atom. The number of amides is 4. The molecule has 0 saturated carbocycles. The Bertz CT molecular complexity index is 888. The van der Waals surface area contributed by atoms with Crippen LogP contribution < -0.4 is 10.6 Å². The number of hydrogen-bond acceptors (Lipinski definition) is 5. The normalized spacial score (nSPS) is 27.5. The summed E-state index contributed by atoms with van der Waals surface area (Å²) in [6.07, 6.45) is 0.336. The topological polar surface area (TPSA) is 113 Å². The lowest BCUT2D eigenvalue weighted by molar-refractivity contribution is -0.135. The molecule has 2 atom stereocenters. The van der Waals surface area contributed by atoms with E-state index in [0.29, 0.717) is 16.5 Å². The van der Waals surface area contributed by atoms with Crippen LogP contribution in [0.4, 0.5) is 4.79 Å². The van der Waals surface area contributed by atoms with E-state index in [1.807, 2.05) is 0 Å². The van der Waals surface area contributed by atoms with Crippen molar-refractivity contribution in [2.24, 2.45) is 0 Å². The molecule has 2 saturated heterocycles. The predicted octanol–water partition coefficient (Wildman–Crippen LogP) is 0.519. The molecular weight excluding hydrogens is 426 g/mol. The number of halogens is 1. The number of benzene rings is 1. The van der Waals surface area contributed by atoms with Crippen LogP contribution in [0.5, 0.6) is 0 Å². The summed E-state index contributed by atoms with van der Waals surface area (Å²) < 4.78 is 23.6. The maximum atomic E-state index is 12.8.